The van der Waals surface area contributed by atoms with Crippen molar-refractivity contribution < 1.29 is 19.1 Å². The number of ether oxygens (including phenoxy) is 1. The van der Waals surface area contributed by atoms with Gasteiger partial charge in [-0.2, -0.15) is 0 Å². The highest BCUT2D eigenvalue weighted by molar-refractivity contribution is 8.18. The first kappa shape index (κ1) is 23.2. The molecule has 8 heteroatoms. The number of thioether (sulfide) groups is 1. The fraction of sp³-hybridized carbons (Fsp3) is 0.400. The topological polar surface area (TPSA) is 71.8 Å². The molecule has 4 rings (SSSR count). The lowest BCUT2D eigenvalue weighted by Gasteiger charge is -2.22. The van der Waals surface area contributed by atoms with Crippen LogP contribution in [0.2, 0.25) is 0 Å². The van der Waals surface area contributed by atoms with Crippen molar-refractivity contribution in [3.05, 3.63) is 52.2 Å². The van der Waals surface area contributed by atoms with Gasteiger partial charge in [0.2, 0.25) is 5.91 Å². The number of nitrogens with zero attached hydrogens (tertiary/aromatic N) is 3. The molecule has 1 aromatic carbocycles. The summed E-state index contributed by atoms with van der Waals surface area (Å²) in [4.78, 5) is 41.5. The number of carbonyl (C=O) groups is 3. The first-order valence-electron chi connectivity index (χ1n) is 11.3. The Hall–Kier alpha value is -3.00. The van der Waals surface area contributed by atoms with Gasteiger partial charge in [0.05, 0.1) is 12.0 Å². The Labute approximate surface area is 198 Å². The first-order valence-corrected chi connectivity index (χ1v) is 12.1. The van der Waals surface area contributed by atoms with E-state index in [0.717, 1.165) is 70.7 Å². The molecule has 0 N–H and O–H groups in total. The number of hydrogen-bond acceptors (Lipinski definition) is 5. The maximum Gasteiger partial charge on any atom is 0.294 e. The molecule has 1 aromatic heterocycles. The van der Waals surface area contributed by atoms with Gasteiger partial charge < -0.3 is 14.2 Å². The van der Waals surface area contributed by atoms with E-state index in [1.165, 1.54) is 0 Å². The standard InChI is InChI=1S/C25H29N3O4S/c1-17-13-19(18(2)28(17)20-9-8-10-21(15-20)32-3)14-22-24(30)27(25(31)33-22)16-23(29)26-11-6-4-5-7-12-26/h8-10,13-15H,4-7,11-12,16H2,1-3H3. The third-order valence-corrected chi connectivity index (χ3v) is 7.10. The average molecular weight is 468 g/mol. The summed E-state index contributed by atoms with van der Waals surface area (Å²) >= 11 is 0.894. The minimum absolute atomic E-state index is 0.156. The summed E-state index contributed by atoms with van der Waals surface area (Å²) < 4.78 is 7.43. The normalized spacial score (nSPS) is 18.2. The molecule has 2 fully saturated rings. The molecule has 0 atom stereocenters. The van der Waals surface area contributed by atoms with Gasteiger partial charge in [-0.1, -0.05) is 18.9 Å². The monoisotopic (exact) mass is 467 g/mol. The van der Waals surface area contributed by atoms with Crippen molar-refractivity contribution in [2.75, 3.05) is 26.7 Å². The van der Waals surface area contributed by atoms with Crippen molar-refractivity contribution in [2.24, 2.45) is 0 Å². The van der Waals surface area contributed by atoms with Crippen LogP contribution in [0.15, 0.2) is 35.2 Å². The van der Waals surface area contributed by atoms with E-state index in [1.54, 1.807) is 18.1 Å². The molecule has 3 amide bonds. The van der Waals surface area contributed by atoms with Crippen molar-refractivity contribution in [1.82, 2.24) is 14.4 Å². The van der Waals surface area contributed by atoms with E-state index in [1.807, 2.05) is 44.2 Å². The van der Waals surface area contributed by atoms with Crippen molar-refractivity contribution in [2.45, 2.75) is 39.5 Å². The molecule has 0 radical (unpaired) electrons. The molecule has 174 valence electrons. The maximum atomic E-state index is 13.0. The molecule has 0 spiro atoms. The predicted molar refractivity (Wildman–Crippen MR) is 130 cm³/mol. The maximum absolute atomic E-state index is 13.0. The molecule has 3 heterocycles. The predicted octanol–water partition coefficient (Wildman–Crippen LogP) is 4.54. The van der Waals surface area contributed by atoms with Crippen LogP contribution >= 0.6 is 11.8 Å². The number of rotatable bonds is 5. The number of benzene rings is 1. The zero-order valence-corrected chi connectivity index (χ0v) is 20.1. The Balaban J connectivity index is 1.54. The molecule has 2 aliphatic heterocycles. The molecule has 7 nitrogen and oxygen atoms in total. The van der Waals surface area contributed by atoms with Gasteiger partial charge in [-0.15, -0.1) is 0 Å². The zero-order chi connectivity index (χ0) is 23.5. The molecular weight excluding hydrogens is 438 g/mol. The smallest absolute Gasteiger partial charge is 0.294 e. The van der Waals surface area contributed by atoms with Gasteiger partial charge in [-0.25, -0.2) is 0 Å². The summed E-state index contributed by atoms with van der Waals surface area (Å²) in [5.74, 6) is 0.202. The van der Waals surface area contributed by atoms with Gasteiger partial charge >= 0.3 is 0 Å². The second-order valence-electron chi connectivity index (χ2n) is 8.43. The van der Waals surface area contributed by atoms with Crippen LogP contribution in [0.3, 0.4) is 0 Å². The summed E-state index contributed by atoms with van der Waals surface area (Å²) in [5.41, 5.74) is 3.77. The molecule has 2 aromatic rings. The van der Waals surface area contributed by atoms with Crippen LogP contribution in [0.4, 0.5) is 4.79 Å². The van der Waals surface area contributed by atoms with Gasteiger partial charge in [0.1, 0.15) is 12.3 Å². The number of amides is 3. The largest absolute Gasteiger partial charge is 0.497 e. The van der Waals surface area contributed by atoms with E-state index >= 15 is 0 Å². The lowest BCUT2D eigenvalue weighted by Crippen LogP contribution is -2.42. The number of aryl methyl sites for hydroxylation is 1. The summed E-state index contributed by atoms with van der Waals surface area (Å²) in [6.07, 6.45) is 5.91. The van der Waals surface area contributed by atoms with E-state index in [0.29, 0.717) is 18.0 Å². The van der Waals surface area contributed by atoms with Gasteiger partial charge in [0.25, 0.3) is 11.1 Å². The summed E-state index contributed by atoms with van der Waals surface area (Å²) in [5, 5.41) is -0.393. The van der Waals surface area contributed by atoms with Crippen LogP contribution in [-0.2, 0) is 9.59 Å². The summed E-state index contributed by atoms with van der Waals surface area (Å²) in [6.45, 7) is 5.17. The molecule has 0 aliphatic carbocycles. The van der Waals surface area contributed by atoms with E-state index in [2.05, 4.69) is 4.57 Å². The van der Waals surface area contributed by atoms with Crippen LogP contribution in [-0.4, -0.2) is 58.2 Å². The van der Waals surface area contributed by atoms with Crippen LogP contribution in [0.25, 0.3) is 11.8 Å². The number of carbonyl (C=O) groups excluding carboxylic acids is 3. The Bertz CT molecular complexity index is 1110. The minimum atomic E-state index is -0.403. The number of imide groups is 1. The van der Waals surface area contributed by atoms with E-state index in [9.17, 15) is 14.4 Å². The Kier molecular flexibility index (Phi) is 6.93. The third kappa shape index (κ3) is 4.85. The number of methoxy groups -OCH3 is 1. The van der Waals surface area contributed by atoms with Crippen LogP contribution < -0.4 is 4.74 Å². The number of aromatic nitrogens is 1. The van der Waals surface area contributed by atoms with Gasteiger partial charge in [-0.3, -0.25) is 19.3 Å². The Morgan fingerprint density at radius 3 is 2.52 bits per heavy atom. The van der Waals surface area contributed by atoms with Crippen molar-refractivity contribution in [3.8, 4) is 11.4 Å². The molecule has 0 unspecified atom stereocenters. The van der Waals surface area contributed by atoms with Crippen molar-refractivity contribution in [1.29, 1.82) is 0 Å². The molecular formula is C25H29N3O4S. The van der Waals surface area contributed by atoms with E-state index < -0.39 is 11.1 Å². The SMILES string of the molecule is COc1cccc(-n2c(C)cc(C=C3SC(=O)N(CC(=O)N4CCCCCC4)C3=O)c2C)c1. The summed E-state index contributed by atoms with van der Waals surface area (Å²) in [6, 6.07) is 9.76. The van der Waals surface area contributed by atoms with Gasteiger partial charge in [-0.05, 0) is 68.3 Å². The first-order chi connectivity index (χ1) is 15.9. The Morgan fingerprint density at radius 1 is 1.09 bits per heavy atom. The van der Waals surface area contributed by atoms with Crippen LogP contribution in [0.1, 0.15) is 42.6 Å². The zero-order valence-electron chi connectivity index (χ0n) is 19.3. The molecule has 33 heavy (non-hydrogen) atoms. The van der Waals surface area contributed by atoms with Crippen LogP contribution in [0, 0.1) is 13.8 Å². The van der Waals surface area contributed by atoms with Crippen molar-refractivity contribution >= 4 is 34.9 Å². The molecule has 2 saturated heterocycles. The summed E-state index contributed by atoms with van der Waals surface area (Å²) in [7, 11) is 1.63. The third-order valence-electron chi connectivity index (χ3n) is 6.19. The van der Waals surface area contributed by atoms with Gasteiger partial charge in [0.15, 0.2) is 0 Å². The van der Waals surface area contributed by atoms with E-state index in [4.69, 9.17) is 4.74 Å². The lowest BCUT2D eigenvalue weighted by molar-refractivity contribution is -0.135. The second-order valence-corrected chi connectivity index (χ2v) is 9.42. The van der Waals surface area contributed by atoms with Crippen molar-refractivity contribution in [3.63, 3.8) is 0 Å². The molecule has 0 saturated carbocycles. The quantitative estimate of drug-likeness (QED) is 0.604. The van der Waals surface area contributed by atoms with Crippen LogP contribution in [0.5, 0.6) is 5.75 Å². The van der Waals surface area contributed by atoms with Gasteiger partial charge in [0, 0.05) is 36.2 Å². The fourth-order valence-corrected chi connectivity index (χ4v) is 5.24. The average Bonchev–Trinajstić information content (AvgIpc) is 3.09. The molecule has 2 aliphatic rings. The highest BCUT2D eigenvalue weighted by atomic mass is 32.2. The van der Waals surface area contributed by atoms with E-state index in [-0.39, 0.29) is 12.5 Å². The minimum Gasteiger partial charge on any atom is -0.497 e. The Morgan fingerprint density at radius 2 is 1.82 bits per heavy atom. The lowest BCUT2D eigenvalue weighted by atomic mass is 10.2. The number of hydrogen-bond donors (Lipinski definition) is 0. The fourth-order valence-electron chi connectivity index (χ4n) is 4.41. The molecule has 0 bridgehead atoms. The highest BCUT2D eigenvalue weighted by Crippen LogP contribution is 2.34. The second kappa shape index (κ2) is 9.87. The highest BCUT2D eigenvalue weighted by Gasteiger charge is 2.37. The number of likely N-dealkylation sites (tertiary alicyclic amines) is 1.